The summed E-state index contributed by atoms with van der Waals surface area (Å²) in [5, 5.41) is 11.7. The zero-order chi connectivity index (χ0) is 13.8. The van der Waals surface area contributed by atoms with Crippen molar-refractivity contribution < 1.29 is 9.18 Å². The fraction of sp³-hybridized carbons (Fsp3) is 0.429. The van der Waals surface area contributed by atoms with Crippen molar-refractivity contribution in [2.45, 2.75) is 31.8 Å². The number of amides is 1. The molecule has 1 saturated heterocycles. The number of carbonyl (C=O) groups is 1. The summed E-state index contributed by atoms with van der Waals surface area (Å²) in [5.41, 5.74) is 0.381. The Morgan fingerprint density at radius 3 is 2.95 bits per heavy atom. The monoisotopic (exact) mass is 261 g/mol. The van der Waals surface area contributed by atoms with Crippen LogP contribution in [0.25, 0.3) is 0 Å². The first-order chi connectivity index (χ1) is 9.13. The topological polar surface area (TPSA) is 56.1 Å². The zero-order valence-electron chi connectivity index (χ0n) is 10.8. The first-order valence-corrected chi connectivity index (χ1v) is 6.32. The molecule has 1 aromatic carbocycles. The van der Waals surface area contributed by atoms with E-state index in [1.165, 1.54) is 6.07 Å². The molecule has 100 valence electrons. The van der Waals surface area contributed by atoms with E-state index in [1.807, 2.05) is 13.0 Å². The number of hydrogen-bond acceptors (Lipinski definition) is 3. The van der Waals surface area contributed by atoms with E-state index in [2.05, 4.69) is 5.32 Å². The largest absolute Gasteiger partial charge is 0.356 e. The standard InChI is InChI=1S/C14H16FN3O/c1-10-7-9-18(12-5-3-2-4-11(12)15)13(6-8-16)14(19)17-10/h2-5,10,13H,6-7,9H2,1H3,(H,17,19). The van der Waals surface area contributed by atoms with E-state index in [0.717, 1.165) is 6.42 Å². The molecular formula is C14H16FN3O. The number of anilines is 1. The van der Waals surface area contributed by atoms with Gasteiger partial charge in [-0.2, -0.15) is 5.26 Å². The van der Waals surface area contributed by atoms with Crippen molar-refractivity contribution in [2.24, 2.45) is 0 Å². The second kappa shape index (κ2) is 5.70. The second-order valence-electron chi connectivity index (χ2n) is 4.72. The smallest absolute Gasteiger partial charge is 0.243 e. The lowest BCUT2D eigenvalue weighted by Crippen LogP contribution is -2.45. The second-order valence-corrected chi connectivity index (χ2v) is 4.72. The fourth-order valence-corrected chi connectivity index (χ4v) is 2.30. The van der Waals surface area contributed by atoms with Gasteiger partial charge in [0.2, 0.25) is 5.91 Å². The number of nitriles is 1. The van der Waals surface area contributed by atoms with Gasteiger partial charge in [-0.3, -0.25) is 4.79 Å². The van der Waals surface area contributed by atoms with Gasteiger partial charge in [-0.1, -0.05) is 12.1 Å². The summed E-state index contributed by atoms with van der Waals surface area (Å²) in [7, 11) is 0. The van der Waals surface area contributed by atoms with Crippen molar-refractivity contribution in [3.8, 4) is 6.07 Å². The van der Waals surface area contributed by atoms with Crippen molar-refractivity contribution in [2.75, 3.05) is 11.4 Å². The Morgan fingerprint density at radius 1 is 1.53 bits per heavy atom. The molecule has 2 rings (SSSR count). The minimum atomic E-state index is -0.633. The van der Waals surface area contributed by atoms with Gasteiger partial charge in [-0.15, -0.1) is 0 Å². The quantitative estimate of drug-likeness (QED) is 0.883. The maximum Gasteiger partial charge on any atom is 0.243 e. The number of halogens is 1. The molecule has 0 spiro atoms. The van der Waals surface area contributed by atoms with Gasteiger partial charge in [0.15, 0.2) is 0 Å². The van der Waals surface area contributed by atoms with Gasteiger partial charge in [0.05, 0.1) is 18.2 Å². The van der Waals surface area contributed by atoms with Crippen LogP contribution in [0.1, 0.15) is 19.8 Å². The normalized spacial score (nSPS) is 23.4. The molecule has 1 aliphatic heterocycles. The Kier molecular flexibility index (Phi) is 4.00. The Bertz CT molecular complexity index is 512. The van der Waals surface area contributed by atoms with E-state index in [-0.39, 0.29) is 24.2 Å². The first kappa shape index (κ1) is 13.3. The van der Waals surface area contributed by atoms with E-state index in [1.54, 1.807) is 23.1 Å². The fourth-order valence-electron chi connectivity index (χ4n) is 2.30. The summed E-state index contributed by atoms with van der Waals surface area (Å²) >= 11 is 0. The van der Waals surface area contributed by atoms with E-state index < -0.39 is 6.04 Å². The number of nitrogens with one attached hydrogen (secondary N) is 1. The third kappa shape index (κ3) is 2.84. The summed E-state index contributed by atoms with van der Waals surface area (Å²) in [6.45, 7) is 2.46. The molecule has 5 heteroatoms. The maximum atomic E-state index is 13.9. The van der Waals surface area contributed by atoms with Gasteiger partial charge < -0.3 is 10.2 Å². The molecule has 0 radical (unpaired) electrons. The van der Waals surface area contributed by atoms with Crippen LogP contribution in [0.5, 0.6) is 0 Å². The molecule has 1 N–H and O–H groups in total. The third-order valence-corrected chi connectivity index (χ3v) is 3.32. The Balaban J connectivity index is 2.37. The van der Waals surface area contributed by atoms with Crippen LogP contribution in [0.2, 0.25) is 0 Å². The molecule has 1 heterocycles. The number of para-hydroxylation sites is 1. The predicted octanol–water partition coefficient (Wildman–Crippen LogP) is 1.82. The van der Waals surface area contributed by atoms with Crippen molar-refractivity contribution in [3.63, 3.8) is 0 Å². The van der Waals surface area contributed by atoms with Crippen LogP contribution in [0.4, 0.5) is 10.1 Å². The molecule has 1 aromatic rings. The minimum absolute atomic E-state index is 0.0328. The van der Waals surface area contributed by atoms with Gasteiger partial charge >= 0.3 is 0 Å². The zero-order valence-corrected chi connectivity index (χ0v) is 10.8. The van der Waals surface area contributed by atoms with E-state index in [9.17, 15) is 9.18 Å². The van der Waals surface area contributed by atoms with E-state index in [4.69, 9.17) is 5.26 Å². The predicted molar refractivity (Wildman–Crippen MR) is 70.0 cm³/mol. The summed E-state index contributed by atoms with van der Waals surface area (Å²) in [6, 6.07) is 7.75. The molecule has 2 atom stereocenters. The number of rotatable bonds is 2. The molecule has 0 aliphatic carbocycles. The average Bonchev–Trinajstić information content (AvgIpc) is 2.51. The molecular weight excluding hydrogens is 245 g/mol. The molecule has 1 amide bonds. The number of hydrogen-bond donors (Lipinski definition) is 1. The summed E-state index contributed by atoms with van der Waals surface area (Å²) in [5.74, 6) is -0.581. The highest BCUT2D eigenvalue weighted by Crippen LogP contribution is 2.24. The number of carbonyl (C=O) groups excluding carboxylic acids is 1. The lowest BCUT2D eigenvalue weighted by atomic mass is 10.1. The van der Waals surface area contributed by atoms with E-state index in [0.29, 0.717) is 12.2 Å². The lowest BCUT2D eigenvalue weighted by Gasteiger charge is -2.29. The summed E-state index contributed by atoms with van der Waals surface area (Å²) < 4.78 is 13.9. The molecule has 0 saturated carbocycles. The molecule has 19 heavy (non-hydrogen) atoms. The summed E-state index contributed by atoms with van der Waals surface area (Å²) in [4.78, 5) is 13.8. The highest BCUT2D eigenvalue weighted by molar-refractivity contribution is 5.86. The van der Waals surface area contributed by atoms with Crippen molar-refractivity contribution in [3.05, 3.63) is 30.1 Å². The van der Waals surface area contributed by atoms with Gasteiger partial charge in [-0.05, 0) is 25.5 Å². The molecule has 1 aliphatic rings. The van der Waals surface area contributed by atoms with Crippen LogP contribution in [0, 0.1) is 17.1 Å². The Morgan fingerprint density at radius 2 is 2.26 bits per heavy atom. The van der Waals surface area contributed by atoms with Gasteiger partial charge in [0, 0.05) is 12.6 Å². The van der Waals surface area contributed by atoms with Gasteiger partial charge in [0.1, 0.15) is 11.9 Å². The van der Waals surface area contributed by atoms with E-state index >= 15 is 0 Å². The van der Waals surface area contributed by atoms with Gasteiger partial charge in [-0.25, -0.2) is 4.39 Å². The van der Waals surface area contributed by atoms with Gasteiger partial charge in [0.25, 0.3) is 0 Å². The number of nitrogens with zero attached hydrogens (tertiary/aromatic N) is 2. The molecule has 1 fully saturated rings. The molecule has 0 bridgehead atoms. The highest BCUT2D eigenvalue weighted by Gasteiger charge is 2.31. The van der Waals surface area contributed by atoms with Crippen LogP contribution >= 0.6 is 0 Å². The molecule has 2 unspecified atom stereocenters. The van der Waals surface area contributed by atoms with Crippen LogP contribution in [-0.4, -0.2) is 24.5 Å². The Labute approximate surface area is 111 Å². The lowest BCUT2D eigenvalue weighted by molar-refractivity contribution is -0.122. The van der Waals surface area contributed by atoms with Crippen molar-refractivity contribution in [1.29, 1.82) is 5.26 Å². The third-order valence-electron chi connectivity index (χ3n) is 3.32. The van der Waals surface area contributed by atoms with Crippen LogP contribution in [0.15, 0.2) is 24.3 Å². The van der Waals surface area contributed by atoms with Crippen molar-refractivity contribution >= 4 is 11.6 Å². The van der Waals surface area contributed by atoms with Crippen LogP contribution in [-0.2, 0) is 4.79 Å². The Hall–Kier alpha value is -2.09. The van der Waals surface area contributed by atoms with Crippen LogP contribution < -0.4 is 10.2 Å². The maximum absolute atomic E-state index is 13.9. The highest BCUT2D eigenvalue weighted by atomic mass is 19.1. The minimum Gasteiger partial charge on any atom is -0.356 e. The SMILES string of the molecule is CC1CCN(c2ccccc2F)C(CC#N)C(=O)N1. The van der Waals surface area contributed by atoms with Crippen molar-refractivity contribution in [1.82, 2.24) is 5.32 Å². The van der Waals surface area contributed by atoms with Crippen LogP contribution in [0.3, 0.4) is 0 Å². The average molecular weight is 261 g/mol. The number of benzene rings is 1. The summed E-state index contributed by atoms with van der Waals surface area (Å²) in [6.07, 6.45) is 0.773. The molecule has 4 nitrogen and oxygen atoms in total. The molecule has 0 aromatic heterocycles. The first-order valence-electron chi connectivity index (χ1n) is 6.32.